The fourth-order valence-electron chi connectivity index (χ4n) is 4.72. The number of hydrogen-bond acceptors (Lipinski definition) is 1. The Bertz CT molecular complexity index is 885. The highest BCUT2D eigenvalue weighted by Crippen LogP contribution is 2.46. The van der Waals surface area contributed by atoms with E-state index in [-0.39, 0.29) is 43.2 Å². The molecule has 28 heavy (non-hydrogen) atoms. The van der Waals surface area contributed by atoms with Crippen molar-refractivity contribution in [2.24, 2.45) is 5.73 Å². The molecule has 152 valence electrons. The van der Waals surface area contributed by atoms with Crippen LogP contribution in [0.2, 0.25) is 0 Å². The molecule has 1 aromatic heterocycles. The van der Waals surface area contributed by atoms with Crippen LogP contribution in [-0.2, 0) is 0 Å². The lowest BCUT2D eigenvalue weighted by atomic mass is 9.77. The van der Waals surface area contributed by atoms with Crippen molar-refractivity contribution in [2.75, 3.05) is 0 Å². The van der Waals surface area contributed by atoms with Gasteiger partial charge in [0.2, 0.25) is 11.8 Å². The van der Waals surface area contributed by atoms with Gasteiger partial charge in [0, 0.05) is 36.6 Å². The standard InChI is InChI=1S/C21H24F4N2O/c22-20(23)5-1-12(2-6-20)14-9-15(13-3-7-21(24,25)8-4-13)16-11-18(19(26)28)27-17(16)10-14/h9-13,27H,1-8H2,(H2,26,28). The highest BCUT2D eigenvalue weighted by Gasteiger charge is 2.38. The van der Waals surface area contributed by atoms with E-state index in [0.29, 0.717) is 25.7 Å². The summed E-state index contributed by atoms with van der Waals surface area (Å²) in [6.45, 7) is 0. The van der Waals surface area contributed by atoms with E-state index in [1.54, 1.807) is 6.07 Å². The van der Waals surface area contributed by atoms with Gasteiger partial charge in [-0.25, -0.2) is 17.6 Å². The molecular formula is C21H24F4N2O. The molecule has 2 aliphatic rings. The van der Waals surface area contributed by atoms with Gasteiger partial charge in [-0.3, -0.25) is 4.79 Å². The number of carbonyl (C=O) groups is 1. The maximum absolute atomic E-state index is 13.6. The summed E-state index contributed by atoms with van der Waals surface area (Å²) in [6, 6.07) is 5.57. The first-order valence-electron chi connectivity index (χ1n) is 9.86. The molecule has 0 atom stereocenters. The molecule has 2 saturated carbocycles. The number of halogens is 4. The van der Waals surface area contributed by atoms with E-state index in [2.05, 4.69) is 4.98 Å². The van der Waals surface area contributed by atoms with Gasteiger partial charge in [-0.2, -0.15) is 0 Å². The number of hydrogen-bond donors (Lipinski definition) is 2. The molecule has 2 aromatic rings. The van der Waals surface area contributed by atoms with E-state index in [1.165, 1.54) is 0 Å². The van der Waals surface area contributed by atoms with E-state index >= 15 is 0 Å². The lowest BCUT2D eigenvalue weighted by Crippen LogP contribution is -2.24. The van der Waals surface area contributed by atoms with Gasteiger partial charge in [0.15, 0.2) is 0 Å². The Kier molecular flexibility index (Phi) is 4.67. The molecule has 7 heteroatoms. The third-order valence-corrected chi connectivity index (χ3v) is 6.40. The summed E-state index contributed by atoms with van der Waals surface area (Å²) in [4.78, 5) is 14.6. The van der Waals surface area contributed by atoms with Gasteiger partial charge in [-0.05, 0) is 60.8 Å². The molecule has 1 aromatic carbocycles. The molecule has 4 rings (SSSR count). The number of nitrogens with two attached hydrogens (primary N) is 1. The van der Waals surface area contributed by atoms with E-state index in [9.17, 15) is 22.4 Å². The van der Waals surface area contributed by atoms with Crippen molar-refractivity contribution in [2.45, 2.75) is 75.0 Å². The van der Waals surface area contributed by atoms with Crippen LogP contribution in [0.3, 0.4) is 0 Å². The first kappa shape index (κ1) is 19.3. The number of fused-ring (bicyclic) bond motifs is 1. The van der Waals surface area contributed by atoms with Gasteiger partial charge in [0.25, 0.3) is 5.91 Å². The summed E-state index contributed by atoms with van der Waals surface area (Å²) in [5.41, 5.74) is 8.25. The number of aromatic amines is 1. The third kappa shape index (κ3) is 3.76. The monoisotopic (exact) mass is 396 g/mol. The van der Waals surface area contributed by atoms with Crippen molar-refractivity contribution in [1.29, 1.82) is 0 Å². The number of nitrogens with one attached hydrogen (secondary N) is 1. The quantitative estimate of drug-likeness (QED) is 0.628. The van der Waals surface area contributed by atoms with Gasteiger partial charge in [-0.15, -0.1) is 0 Å². The molecule has 2 fully saturated rings. The van der Waals surface area contributed by atoms with Crippen molar-refractivity contribution >= 4 is 16.8 Å². The van der Waals surface area contributed by atoms with Crippen molar-refractivity contribution < 1.29 is 22.4 Å². The van der Waals surface area contributed by atoms with Crippen molar-refractivity contribution in [3.63, 3.8) is 0 Å². The zero-order chi connectivity index (χ0) is 20.1. The maximum atomic E-state index is 13.6. The van der Waals surface area contributed by atoms with Crippen LogP contribution in [0.15, 0.2) is 18.2 Å². The topological polar surface area (TPSA) is 58.9 Å². The largest absolute Gasteiger partial charge is 0.364 e. The van der Waals surface area contributed by atoms with Gasteiger partial charge in [-0.1, -0.05) is 6.07 Å². The third-order valence-electron chi connectivity index (χ3n) is 6.40. The van der Waals surface area contributed by atoms with Crippen LogP contribution in [0, 0.1) is 0 Å². The van der Waals surface area contributed by atoms with Gasteiger partial charge in [0.1, 0.15) is 5.69 Å². The minimum atomic E-state index is -2.63. The highest BCUT2D eigenvalue weighted by atomic mass is 19.3. The molecular weight excluding hydrogens is 372 g/mol. The molecule has 0 spiro atoms. The fourth-order valence-corrected chi connectivity index (χ4v) is 4.72. The Morgan fingerprint density at radius 3 is 1.96 bits per heavy atom. The molecule has 0 unspecified atom stereocenters. The summed E-state index contributed by atoms with van der Waals surface area (Å²) in [6.07, 6.45) is 0.916. The van der Waals surface area contributed by atoms with Crippen LogP contribution in [0.5, 0.6) is 0 Å². The number of H-pyrrole nitrogens is 1. The molecule has 0 saturated heterocycles. The van der Waals surface area contributed by atoms with Gasteiger partial charge >= 0.3 is 0 Å². The first-order valence-corrected chi connectivity index (χ1v) is 9.86. The SMILES string of the molecule is NC(=O)c1cc2c(C3CCC(F)(F)CC3)cc(C3CCC(F)(F)CC3)cc2[nH]1. The van der Waals surface area contributed by atoms with Gasteiger partial charge < -0.3 is 10.7 Å². The number of amides is 1. The summed E-state index contributed by atoms with van der Waals surface area (Å²) in [5, 5.41) is 0.814. The Balaban J connectivity index is 1.72. The Morgan fingerprint density at radius 2 is 1.43 bits per heavy atom. The molecule has 3 N–H and O–H groups in total. The molecule has 1 heterocycles. The van der Waals surface area contributed by atoms with Crippen molar-refractivity contribution in [1.82, 2.24) is 4.98 Å². The van der Waals surface area contributed by atoms with Crippen molar-refractivity contribution in [3.05, 3.63) is 35.0 Å². The highest BCUT2D eigenvalue weighted by molar-refractivity contribution is 5.98. The Labute approximate surface area is 160 Å². The molecule has 3 nitrogen and oxygen atoms in total. The van der Waals surface area contributed by atoms with Crippen molar-refractivity contribution in [3.8, 4) is 0 Å². The van der Waals surface area contributed by atoms with Crippen LogP contribution < -0.4 is 5.73 Å². The number of carbonyl (C=O) groups excluding carboxylic acids is 1. The molecule has 0 aliphatic heterocycles. The minimum absolute atomic E-state index is 0.00753. The molecule has 2 aliphatic carbocycles. The van der Waals surface area contributed by atoms with Crippen LogP contribution in [0.25, 0.3) is 10.9 Å². The smallest absolute Gasteiger partial charge is 0.265 e. The van der Waals surface area contributed by atoms with Gasteiger partial charge in [0.05, 0.1) is 0 Å². The van der Waals surface area contributed by atoms with Crippen LogP contribution >= 0.6 is 0 Å². The van der Waals surface area contributed by atoms with E-state index in [1.807, 2.05) is 12.1 Å². The van der Waals surface area contributed by atoms with E-state index < -0.39 is 17.8 Å². The fraction of sp³-hybridized carbons (Fsp3) is 0.571. The lowest BCUT2D eigenvalue weighted by Gasteiger charge is -2.31. The minimum Gasteiger partial charge on any atom is -0.364 e. The predicted octanol–water partition coefficient (Wildman–Crippen LogP) is 5.85. The van der Waals surface area contributed by atoms with Crippen LogP contribution in [0.1, 0.15) is 84.8 Å². The number of alkyl halides is 4. The zero-order valence-corrected chi connectivity index (χ0v) is 15.5. The second kappa shape index (κ2) is 6.78. The van der Waals surface area contributed by atoms with E-state index in [4.69, 9.17) is 5.73 Å². The van der Waals surface area contributed by atoms with Crippen LogP contribution in [-0.4, -0.2) is 22.7 Å². The summed E-state index contributed by atoms with van der Waals surface area (Å²) >= 11 is 0. The number of primary amides is 1. The number of benzene rings is 1. The van der Waals surface area contributed by atoms with E-state index in [0.717, 1.165) is 22.0 Å². The lowest BCUT2D eigenvalue weighted by molar-refractivity contribution is -0.0383. The summed E-state index contributed by atoms with van der Waals surface area (Å²) in [7, 11) is 0. The number of rotatable bonds is 3. The summed E-state index contributed by atoms with van der Waals surface area (Å²) < 4.78 is 54.3. The number of aromatic nitrogens is 1. The summed E-state index contributed by atoms with van der Waals surface area (Å²) in [5.74, 6) is -5.85. The average molecular weight is 396 g/mol. The zero-order valence-electron chi connectivity index (χ0n) is 15.5. The Hall–Kier alpha value is -2.05. The first-order chi connectivity index (χ1) is 13.1. The maximum Gasteiger partial charge on any atom is 0.265 e. The second-order valence-electron chi connectivity index (χ2n) is 8.38. The molecule has 0 bridgehead atoms. The molecule has 0 radical (unpaired) electrons. The van der Waals surface area contributed by atoms with Crippen LogP contribution in [0.4, 0.5) is 17.6 Å². The average Bonchev–Trinajstić information content (AvgIpc) is 3.05. The second-order valence-corrected chi connectivity index (χ2v) is 8.38. The Morgan fingerprint density at radius 1 is 0.893 bits per heavy atom. The molecule has 1 amide bonds. The predicted molar refractivity (Wildman–Crippen MR) is 99.1 cm³/mol. The normalized spacial score (nSPS) is 23.1.